The van der Waals surface area contributed by atoms with Crippen LogP contribution in [0.15, 0.2) is 24.3 Å². The van der Waals surface area contributed by atoms with Crippen molar-refractivity contribution in [3.63, 3.8) is 0 Å². The number of carbonyl (C=O) groups excluding carboxylic acids is 1. The van der Waals surface area contributed by atoms with E-state index in [2.05, 4.69) is 45.0 Å². The zero-order chi connectivity index (χ0) is 21.1. The third-order valence-electron chi connectivity index (χ3n) is 6.49. The van der Waals surface area contributed by atoms with Crippen LogP contribution in [0, 0.1) is 0 Å². The van der Waals surface area contributed by atoms with E-state index in [1.54, 1.807) is 3.58 Å². The Bertz CT molecular complexity index is 577. The van der Waals surface area contributed by atoms with Crippen molar-refractivity contribution in [1.29, 1.82) is 0 Å². The van der Waals surface area contributed by atoms with Gasteiger partial charge in [-0.3, -0.25) is 0 Å². The zero-order valence-electron chi connectivity index (χ0n) is 19.2. The van der Waals surface area contributed by atoms with Gasteiger partial charge in [0.25, 0.3) is 0 Å². The van der Waals surface area contributed by atoms with E-state index < -0.39 is 18.4 Å². The molecule has 1 heterocycles. The van der Waals surface area contributed by atoms with Gasteiger partial charge in [-0.25, -0.2) is 0 Å². The first-order chi connectivity index (χ1) is 14.0. The second-order valence-corrected chi connectivity index (χ2v) is 22.1. The average molecular weight is 509 g/mol. The fourth-order valence-corrected chi connectivity index (χ4v) is 20.7. The summed E-state index contributed by atoms with van der Waals surface area (Å²) in [6.45, 7) is 9.16. The van der Waals surface area contributed by atoms with Crippen molar-refractivity contribution in [2.45, 2.75) is 105 Å². The Morgan fingerprint density at radius 3 is 2.03 bits per heavy atom. The van der Waals surface area contributed by atoms with E-state index in [0.29, 0.717) is 6.61 Å². The summed E-state index contributed by atoms with van der Waals surface area (Å²) in [6.07, 6.45) is 9.71. The Labute approximate surface area is 182 Å². The quantitative estimate of drug-likeness (QED) is 0.238. The maximum atomic E-state index is 11.3. The summed E-state index contributed by atoms with van der Waals surface area (Å²) in [4.78, 5) is 11.3. The predicted molar refractivity (Wildman–Crippen MR) is 124 cm³/mol. The second-order valence-electron chi connectivity index (χ2n) is 8.83. The molecule has 0 amide bonds. The average Bonchev–Trinajstić information content (AvgIpc) is 2.73. The van der Waals surface area contributed by atoms with E-state index in [-0.39, 0.29) is 18.2 Å². The molecule has 0 aromatic heterocycles. The van der Waals surface area contributed by atoms with Crippen LogP contribution in [-0.4, -0.2) is 37.1 Å². The molecular weight excluding hydrogens is 467 g/mol. The summed E-state index contributed by atoms with van der Waals surface area (Å²) >= 11 is -2.36. The summed E-state index contributed by atoms with van der Waals surface area (Å²) in [6, 6.07) is 9.52. The second kappa shape index (κ2) is 13.0. The molecule has 4 heteroatoms. The number of esters is 1. The molecule has 0 radical (unpaired) electrons. The van der Waals surface area contributed by atoms with E-state index >= 15 is 0 Å². The van der Waals surface area contributed by atoms with Crippen molar-refractivity contribution in [3.8, 4) is 0 Å². The summed E-state index contributed by atoms with van der Waals surface area (Å²) in [5.74, 6) is -0.187. The molecule has 3 nitrogen and oxygen atoms in total. The Balaban J connectivity index is 2.18. The van der Waals surface area contributed by atoms with Gasteiger partial charge in [-0.15, -0.1) is 0 Å². The molecule has 0 N–H and O–H groups in total. The molecule has 1 aliphatic heterocycles. The van der Waals surface area contributed by atoms with E-state index in [1.165, 1.54) is 64.3 Å². The Hall–Kier alpha value is -0.551. The first-order valence-electron chi connectivity index (χ1n) is 11.9. The van der Waals surface area contributed by atoms with Gasteiger partial charge in [0.05, 0.1) is 0 Å². The molecular formula is C25H42O3Sn. The van der Waals surface area contributed by atoms with Crippen molar-refractivity contribution in [2.24, 2.45) is 0 Å². The maximum absolute atomic E-state index is 11.3. The SMILES string of the molecule is CCC[CH2][Sn]([CH2]CCC)([CH2]CCC)[c]1ccc([C@H]2C[C@@H](OC(C)=O)CCO2)cc1. The molecule has 2 rings (SSSR count). The minimum absolute atomic E-state index is 0.0112. The van der Waals surface area contributed by atoms with Gasteiger partial charge in [0, 0.05) is 0 Å². The van der Waals surface area contributed by atoms with Crippen LogP contribution < -0.4 is 3.58 Å². The van der Waals surface area contributed by atoms with Crippen molar-refractivity contribution in [1.82, 2.24) is 0 Å². The van der Waals surface area contributed by atoms with Crippen LogP contribution in [0.25, 0.3) is 0 Å². The monoisotopic (exact) mass is 510 g/mol. The van der Waals surface area contributed by atoms with Crippen LogP contribution in [0.2, 0.25) is 13.3 Å². The fourth-order valence-electron chi connectivity index (χ4n) is 4.75. The Morgan fingerprint density at radius 2 is 1.55 bits per heavy atom. The molecule has 1 aliphatic rings. The van der Waals surface area contributed by atoms with E-state index in [4.69, 9.17) is 9.47 Å². The Kier molecular flexibility index (Phi) is 11.1. The molecule has 0 aliphatic carbocycles. The van der Waals surface area contributed by atoms with Crippen LogP contribution in [0.4, 0.5) is 0 Å². The molecule has 1 fully saturated rings. The number of carbonyl (C=O) groups is 1. The van der Waals surface area contributed by atoms with Crippen LogP contribution in [0.5, 0.6) is 0 Å². The third kappa shape index (κ3) is 7.57. The zero-order valence-corrected chi connectivity index (χ0v) is 22.0. The number of ether oxygens (including phenoxy) is 2. The minimum atomic E-state index is -2.36. The first kappa shape index (κ1) is 24.7. The number of hydrogen-bond acceptors (Lipinski definition) is 3. The van der Waals surface area contributed by atoms with E-state index in [1.807, 2.05) is 0 Å². The van der Waals surface area contributed by atoms with Crippen LogP contribution >= 0.6 is 0 Å². The predicted octanol–water partition coefficient (Wildman–Crippen LogP) is 6.53. The molecule has 0 bridgehead atoms. The standard InChI is InChI=1S/C13H15O3.3C4H9.Sn/c1-10(14)16-12-7-8-15-13(9-12)11-5-3-2-4-6-11;3*1-3-4-2;/h3-6,12-13H,7-9H2,1H3;3*1,3-4H2,2H3;/t12-,13+;;;;/m0..../s1. The molecule has 164 valence electrons. The normalized spacial score (nSPS) is 19.9. The summed E-state index contributed by atoms with van der Waals surface area (Å²) < 4.78 is 17.7. The molecule has 0 spiro atoms. The third-order valence-corrected chi connectivity index (χ3v) is 22.2. The van der Waals surface area contributed by atoms with Gasteiger partial charge < -0.3 is 0 Å². The van der Waals surface area contributed by atoms with Gasteiger partial charge >= 0.3 is 183 Å². The van der Waals surface area contributed by atoms with Crippen LogP contribution in [0.3, 0.4) is 0 Å². The van der Waals surface area contributed by atoms with Gasteiger partial charge in [-0.1, -0.05) is 0 Å². The molecule has 1 aromatic rings. The van der Waals surface area contributed by atoms with E-state index in [0.717, 1.165) is 12.8 Å². The van der Waals surface area contributed by atoms with Gasteiger partial charge in [0.1, 0.15) is 0 Å². The van der Waals surface area contributed by atoms with Crippen molar-refractivity contribution in [3.05, 3.63) is 29.8 Å². The molecule has 2 atom stereocenters. The summed E-state index contributed by atoms with van der Waals surface area (Å²) in [5.41, 5.74) is 1.24. The molecule has 1 saturated heterocycles. The van der Waals surface area contributed by atoms with Crippen molar-refractivity contribution in [2.75, 3.05) is 6.61 Å². The topological polar surface area (TPSA) is 35.5 Å². The number of rotatable bonds is 12. The van der Waals surface area contributed by atoms with Crippen LogP contribution in [-0.2, 0) is 14.3 Å². The van der Waals surface area contributed by atoms with Gasteiger partial charge in [-0.05, 0) is 0 Å². The molecule has 0 saturated carbocycles. The number of unbranched alkanes of at least 4 members (excludes halogenated alkanes) is 3. The molecule has 0 unspecified atom stereocenters. The first-order valence-corrected chi connectivity index (χ1v) is 19.4. The number of hydrogen-bond donors (Lipinski definition) is 0. The van der Waals surface area contributed by atoms with Gasteiger partial charge in [-0.2, -0.15) is 0 Å². The fraction of sp³-hybridized carbons (Fsp3) is 0.720. The van der Waals surface area contributed by atoms with Crippen molar-refractivity contribution >= 4 is 27.9 Å². The number of benzene rings is 1. The molecule has 1 aromatic carbocycles. The van der Waals surface area contributed by atoms with Gasteiger partial charge in [0.15, 0.2) is 0 Å². The summed E-state index contributed by atoms with van der Waals surface area (Å²) in [5, 5.41) is 0. The van der Waals surface area contributed by atoms with Crippen LogP contribution in [0.1, 0.15) is 90.7 Å². The summed E-state index contributed by atoms with van der Waals surface area (Å²) in [7, 11) is 0. The van der Waals surface area contributed by atoms with Gasteiger partial charge in [0.2, 0.25) is 0 Å². The van der Waals surface area contributed by atoms with E-state index in [9.17, 15) is 4.79 Å². The Morgan fingerprint density at radius 1 is 1.00 bits per heavy atom. The van der Waals surface area contributed by atoms with Crippen molar-refractivity contribution < 1.29 is 14.3 Å². The molecule has 29 heavy (non-hydrogen) atoms.